The predicted molar refractivity (Wildman–Crippen MR) is 125 cm³/mol. The van der Waals surface area contributed by atoms with Gasteiger partial charge in [-0.05, 0) is 29.3 Å². The minimum absolute atomic E-state index is 0.381. The number of benzene rings is 3. The molecule has 0 bridgehead atoms. The number of carbonyl (C=O) groups is 3. The van der Waals surface area contributed by atoms with Crippen LogP contribution in [0.4, 0.5) is 9.18 Å². The molecule has 3 aromatic carbocycles. The Balaban J connectivity index is 1.41. The predicted octanol–water partition coefficient (Wildman–Crippen LogP) is 4.02. The standard InChI is InChI=1S/C25H22FN3O3S/c1-25(19-11-6-8-16-7-2-3-9-17(16)19)23(31)29(24(32)27-25)15-21(30)28-13-14-33-22(28)18-10-4-5-12-20(18)26/h2-12,22H,13-15H2,1H3,(H,27,32)/t22-,25+/m0/s1. The molecule has 0 unspecified atom stereocenters. The van der Waals surface area contributed by atoms with Crippen molar-refractivity contribution in [2.75, 3.05) is 18.8 Å². The highest BCUT2D eigenvalue weighted by molar-refractivity contribution is 7.99. The molecule has 0 aliphatic carbocycles. The lowest BCUT2D eigenvalue weighted by molar-refractivity contribution is -0.139. The fourth-order valence-electron chi connectivity index (χ4n) is 4.57. The maximum Gasteiger partial charge on any atom is 0.325 e. The highest BCUT2D eigenvalue weighted by atomic mass is 32.2. The largest absolute Gasteiger partial charge is 0.325 e. The molecule has 3 aromatic rings. The maximum atomic E-state index is 14.3. The SMILES string of the molecule is C[C@]1(c2cccc3ccccc23)NC(=O)N(CC(=O)N2CCS[C@H]2c2ccccc2F)C1=O. The van der Waals surface area contributed by atoms with Crippen LogP contribution in [0.5, 0.6) is 0 Å². The van der Waals surface area contributed by atoms with E-state index in [1.54, 1.807) is 25.1 Å². The zero-order valence-corrected chi connectivity index (χ0v) is 18.8. The van der Waals surface area contributed by atoms with E-state index in [9.17, 15) is 18.8 Å². The number of hydrogen-bond acceptors (Lipinski definition) is 4. The summed E-state index contributed by atoms with van der Waals surface area (Å²) < 4.78 is 14.3. The third kappa shape index (κ3) is 3.54. The molecule has 1 N–H and O–H groups in total. The molecule has 2 atom stereocenters. The summed E-state index contributed by atoms with van der Waals surface area (Å²) in [5.41, 5.74) is -0.191. The zero-order chi connectivity index (χ0) is 23.2. The number of hydrogen-bond donors (Lipinski definition) is 1. The third-order valence-corrected chi connectivity index (χ3v) is 7.52. The van der Waals surface area contributed by atoms with Crippen molar-refractivity contribution < 1.29 is 18.8 Å². The van der Waals surface area contributed by atoms with Gasteiger partial charge < -0.3 is 10.2 Å². The van der Waals surface area contributed by atoms with Crippen LogP contribution in [0.15, 0.2) is 66.7 Å². The molecule has 6 nitrogen and oxygen atoms in total. The van der Waals surface area contributed by atoms with Crippen LogP contribution in [0, 0.1) is 5.82 Å². The summed E-state index contributed by atoms with van der Waals surface area (Å²) in [7, 11) is 0. The van der Waals surface area contributed by atoms with Gasteiger partial charge in [0.05, 0.1) is 0 Å². The summed E-state index contributed by atoms with van der Waals surface area (Å²) in [6.07, 6.45) is 0. The summed E-state index contributed by atoms with van der Waals surface area (Å²) in [5, 5.41) is 4.12. The number of halogens is 1. The van der Waals surface area contributed by atoms with Gasteiger partial charge in [0.1, 0.15) is 23.3 Å². The van der Waals surface area contributed by atoms with Gasteiger partial charge in [0.2, 0.25) is 5.91 Å². The summed E-state index contributed by atoms with van der Waals surface area (Å²) >= 11 is 1.46. The second-order valence-corrected chi connectivity index (χ2v) is 9.49. The van der Waals surface area contributed by atoms with E-state index in [0.29, 0.717) is 23.4 Å². The van der Waals surface area contributed by atoms with Gasteiger partial charge in [-0.25, -0.2) is 9.18 Å². The van der Waals surface area contributed by atoms with Crippen LogP contribution < -0.4 is 5.32 Å². The molecule has 5 rings (SSSR count). The second kappa shape index (κ2) is 8.19. The number of nitrogens with zero attached hydrogens (tertiary/aromatic N) is 2. The number of imide groups is 1. The Morgan fingerprint density at radius 3 is 2.64 bits per heavy atom. The molecule has 0 radical (unpaired) electrons. The third-order valence-electron chi connectivity index (χ3n) is 6.28. The summed E-state index contributed by atoms with van der Waals surface area (Å²) in [4.78, 5) is 41.9. The average Bonchev–Trinajstić information content (AvgIpc) is 3.38. The molecule has 2 heterocycles. The first-order valence-electron chi connectivity index (χ1n) is 10.7. The smallest absolute Gasteiger partial charge is 0.324 e. The molecule has 8 heteroatoms. The van der Waals surface area contributed by atoms with Crippen molar-refractivity contribution >= 4 is 40.4 Å². The highest BCUT2D eigenvalue weighted by Gasteiger charge is 2.50. The summed E-state index contributed by atoms with van der Waals surface area (Å²) in [6.45, 7) is 1.69. The first-order valence-corrected chi connectivity index (χ1v) is 11.7. The zero-order valence-electron chi connectivity index (χ0n) is 18.0. The lowest BCUT2D eigenvalue weighted by Gasteiger charge is -2.27. The Kier molecular flexibility index (Phi) is 5.32. The maximum absolute atomic E-state index is 14.3. The lowest BCUT2D eigenvalue weighted by atomic mass is 9.88. The van der Waals surface area contributed by atoms with E-state index in [0.717, 1.165) is 15.7 Å². The monoisotopic (exact) mass is 463 g/mol. The Bertz CT molecular complexity index is 1280. The van der Waals surface area contributed by atoms with E-state index in [4.69, 9.17) is 0 Å². The van der Waals surface area contributed by atoms with Gasteiger partial charge in [0.25, 0.3) is 5.91 Å². The van der Waals surface area contributed by atoms with Gasteiger partial charge in [-0.1, -0.05) is 60.7 Å². The Labute approximate surface area is 194 Å². The summed E-state index contributed by atoms with van der Waals surface area (Å²) in [5.74, 6) is -0.600. The van der Waals surface area contributed by atoms with Crippen LogP contribution >= 0.6 is 11.8 Å². The van der Waals surface area contributed by atoms with Gasteiger partial charge in [-0.2, -0.15) is 0 Å². The van der Waals surface area contributed by atoms with E-state index in [1.165, 1.54) is 22.7 Å². The minimum atomic E-state index is -1.29. The second-order valence-electron chi connectivity index (χ2n) is 8.30. The van der Waals surface area contributed by atoms with Gasteiger partial charge in [0.15, 0.2) is 0 Å². The van der Waals surface area contributed by atoms with Crippen LogP contribution in [-0.4, -0.2) is 46.5 Å². The average molecular weight is 464 g/mol. The molecule has 0 aromatic heterocycles. The summed E-state index contributed by atoms with van der Waals surface area (Å²) in [6, 6.07) is 19.0. The normalized spacial score (nSPS) is 22.8. The van der Waals surface area contributed by atoms with Crippen molar-refractivity contribution in [2.24, 2.45) is 0 Å². The Hall–Kier alpha value is -3.39. The van der Waals surface area contributed by atoms with Crippen LogP contribution in [0.2, 0.25) is 0 Å². The van der Waals surface area contributed by atoms with Crippen molar-refractivity contribution in [3.8, 4) is 0 Å². The van der Waals surface area contributed by atoms with Crippen LogP contribution in [0.3, 0.4) is 0 Å². The van der Waals surface area contributed by atoms with Crippen molar-refractivity contribution in [1.29, 1.82) is 0 Å². The van der Waals surface area contributed by atoms with Crippen molar-refractivity contribution in [2.45, 2.75) is 17.8 Å². The van der Waals surface area contributed by atoms with Gasteiger partial charge in [-0.3, -0.25) is 14.5 Å². The van der Waals surface area contributed by atoms with Gasteiger partial charge in [-0.15, -0.1) is 11.8 Å². The molecule has 2 fully saturated rings. The van der Waals surface area contributed by atoms with E-state index < -0.39 is 29.4 Å². The van der Waals surface area contributed by atoms with Gasteiger partial charge in [0, 0.05) is 17.9 Å². The molecule has 2 saturated heterocycles. The molecule has 168 valence electrons. The fourth-order valence-corrected chi connectivity index (χ4v) is 5.87. The number of rotatable bonds is 4. The lowest BCUT2D eigenvalue weighted by Crippen LogP contribution is -2.44. The van der Waals surface area contributed by atoms with Crippen molar-refractivity contribution in [1.82, 2.24) is 15.1 Å². The molecule has 0 saturated carbocycles. The van der Waals surface area contributed by atoms with Crippen LogP contribution in [-0.2, 0) is 15.1 Å². The quantitative estimate of drug-likeness (QED) is 0.594. The topological polar surface area (TPSA) is 69.7 Å². The number of nitrogens with one attached hydrogen (secondary N) is 1. The molecule has 2 aliphatic rings. The first-order chi connectivity index (χ1) is 15.9. The number of fused-ring (bicyclic) bond motifs is 1. The number of carbonyl (C=O) groups excluding carboxylic acids is 3. The van der Waals surface area contributed by atoms with Gasteiger partial charge >= 0.3 is 6.03 Å². The molecular formula is C25H22FN3O3S. The van der Waals surface area contributed by atoms with Crippen molar-refractivity contribution in [3.05, 3.63) is 83.7 Å². The Morgan fingerprint density at radius 1 is 1.09 bits per heavy atom. The van der Waals surface area contributed by atoms with E-state index in [2.05, 4.69) is 5.32 Å². The fraction of sp³-hybridized carbons (Fsp3) is 0.240. The Morgan fingerprint density at radius 2 is 1.82 bits per heavy atom. The van der Waals surface area contributed by atoms with Crippen molar-refractivity contribution in [3.63, 3.8) is 0 Å². The van der Waals surface area contributed by atoms with E-state index >= 15 is 0 Å². The molecule has 33 heavy (non-hydrogen) atoms. The van der Waals surface area contributed by atoms with Crippen LogP contribution in [0.25, 0.3) is 10.8 Å². The number of thioether (sulfide) groups is 1. The number of amides is 4. The molecular weight excluding hydrogens is 441 g/mol. The highest BCUT2D eigenvalue weighted by Crippen LogP contribution is 2.39. The van der Waals surface area contributed by atoms with E-state index in [-0.39, 0.29) is 11.7 Å². The molecule has 0 spiro atoms. The molecule has 4 amide bonds. The molecule has 2 aliphatic heterocycles. The van der Waals surface area contributed by atoms with E-state index in [1.807, 2.05) is 42.5 Å². The minimum Gasteiger partial charge on any atom is -0.324 e. The first kappa shape index (κ1) is 21.5. The number of urea groups is 1. The van der Waals surface area contributed by atoms with Crippen LogP contribution in [0.1, 0.15) is 23.4 Å².